The highest BCUT2D eigenvalue weighted by Gasteiger charge is 2.34. The Kier molecular flexibility index (Phi) is 7.51. The van der Waals surface area contributed by atoms with Crippen LogP contribution in [-0.4, -0.2) is 64.5 Å². The fourth-order valence-electron chi connectivity index (χ4n) is 2.37. The van der Waals surface area contributed by atoms with E-state index in [9.17, 15) is 13.2 Å². The van der Waals surface area contributed by atoms with Crippen LogP contribution in [0.25, 0.3) is 0 Å². The molecule has 1 aromatic heterocycles. The van der Waals surface area contributed by atoms with Crippen LogP contribution in [-0.2, 0) is 13.6 Å². The summed E-state index contributed by atoms with van der Waals surface area (Å²) in [7, 11) is 3.45. The van der Waals surface area contributed by atoms with Gasteiger partial charge in [0, 0.05) is 33.2 Å². The van der Waals surface area contributed by atoms with Crippen molar-refractivity contribution < 1.29 is 13.2 Å². The van der Waals surface area contributed by atoms with Gasteiger partial charge in [0.15, 0.2) is 11.8 Å². The van der Waals surface area contributed by atoms with Gasteiger partial charge in [0.25, 0.3) is 0 Å². The summed E-state index contributed by atoms with van der Waals surface area (Å²) in [5.41, 5.74) is 0. The molecule has 23 heavy (non-hydrogen) atoms. The summed E-state index contributed by atoms with van der Waals surface area (Å²) in [6.45, 7) is 0.354. The number of aliphatic imine (C=N–C) groups is 1. The molecule has 0 spiro atoms. The molecule has 1 atom stereocenters. The van der Waals surface area contributed by atoms with Crippen LogP contribution in [0.2, 0.25) is 0 Å². The molecule has 0 saturated carbocycles. The summed E-state index contributed by atoms with van der Waals surface area (Å²) in [6, 6.07) is -0.0481. The third kappa shape index (κ3) is 6.49. The predicted octanol–water partition coefficient (Wildman–Crippen LogP) is 0.735. The summed E-state index contributed by atoms with van der Waals surface area (Å²) in [5.74, 6) is 1.29. The highest BCUT2D eigenvalue weighted by molar-refractivity contribution is 14.0. The molecule has 1 unspecified atom stereocenters. The third-order valence-corrected chi connectivity index (χ3v) is 3.46. The van der Waals surface area contributed by atoms with Gasteiger partial charge in [0.05, 0.1) is 13.1 Å². The molecule has 0 aromatic carbocycles. The zero-order chi connectivity index (χ0) is 16.2. The van der Waals surface area contributed by atoms with E-state index in [-0.39, 0.29) is 30.0 Å². The first-order valence-electron chi connectivity index (χ1n) is 6.96. The number of hydrogen-bond donors (Lipinski definition) is 2. The van der Waals surface area contributed by atoms with E-state index in [0.29, 0.717) is 32.0 Å². The number of alkyl halides is 3. The SMILES string of the molecule is CN=C(NCc1nncn1C)NC1CCN(CC(F)(F)F)C1.I. The maximum Gasteiger partial charge on any atom is 0.401 e. The van der Waals surface area contributed by atoms with E-state index in [2.05, 4.69) is 25.8 Å². The molecule has 1 aromatic rings. The summed E-state index contributed by atoms with van der Waals surface area (Å²) >= 11 is 0. The quantitative estimate of drug-likeness (QED) is 0.405. The average Bonchev–Trinajstić information content (AvgIpc) is 3.02. The molecule has 2 N–H and O–H groups in total. The minimum atomic E-state index is -4.15. The van der Waals surface area contributed by atoms with Crippen LogP contribution in [0.4, 0.5) is 13.2 Å². The van der Waals surface area contributed by atoms with Crippen LogP contribution < -0.4 is 10.6 Å². The number of aromatic nitrogens is 3. The molecule has 1 fully saturated rings. The number of nitrogens with zero attached hydrogens (tertiary/aromatic N) is 5. The van der Waals surface area contributed by atoms with Crippen molar-refractivity contribution in [3.05, 3.63) is 12.2 Å². The molecule has 7 nitrogen and oxygen atoms in total. The molecule has 2 heterocycles. The fourth-order valence-corrected chi connectivity index (χ4v) is 2.37. The van der Waals surface area contributed by atoms with Crippen molar-refractivity contribution in [3.63, 3.8) is 0 Å². The maximum absolute atomic E-state index is 12.4. The van der Waals surface area contributed by atoms with Gasteiger partial charge in [-0.2, -0.15) is 13.2 Å². The van der Waals surface area contributed by atoms with Crippen molar-refractivity contribution in [1.82, 2.24) is 30.3 Å². The molecule has 0 bridgehead atoms. The number of aryl methyl sites for hydroxylation is 1. The van der Waals surface area contributed by atoms with Crippen molar-refractivity contribution in [1.29, 1.82) is 0 Å². The Bertz CT molecular complexity index is 517. The van der Waals surface area contributed by atoms with Crippen molar-refractivity contribution in [2.45, 2.75) is 25.2 Å². The number of nitrogens with one attached hydrogen (secondary N) is 2. The maximum atomic E-state index is 12.4. The Morgan fingerprint density at radius 1 is 1.48 bits per heavy atom. The van der Waals surface area contributed by atoms with Crippen molar-refractivity contribution in [3.8, 4) is 0 Å². The largest absolute Gasteiger partial charge is 0.401 e. The fraction of sp³-hybridized carbons (Fsp3) is 0.750. The first-order chi connectivity index (χ1) is 10.4. The summed E-state index contributed by atoms with van der Waals surface area (Å²) in [4.78, 5) is 5.47. The highest BCUT2D eigenvalue weighted by atomic mass is 127. The van der Waals surface area contributed by atoms with E-state index >= 15 is 0 Å². The smallest absolute Gasteiger partial charge is 0.352 e. The van der Waals surface area contributed by atoms with E-state index in [1.165, 1.54) is 4.90 Å². The van der Waals surface area contributed by atoms with E-state index in [4.69, 9.17) is 0 Å². The normalized spacial score (nSPS) is 19.5. The molecular weight excluding hydrogens is 426 g/mol. The topological polar surface area (TPSA) is 70.4 Å². The number of hydrogen-bond acceptors (Lipinski definition) is 4. The Labute approximate surface area is 149 Å². The molecule has 0 amide bonds. The molecule has 1 aliphatic heterocycles. The van der Waals surface area contributed by atoms with E-state index in [1.807, 2.05) is 7.05 Å². The molecule has 1 saturated heterocycles. The lowest BCUT2D eigenvalue weighted by Crippen LogP contribution is -2.45. The van der Waals surface area contributed by atoms with Gasteiger partial charge in [-0.15, -0.1) is 34.2 Å². The first kappa shape index (κ1) is 19.9. The van der Waals surface area contributed by atoms with Crippen LogP contribution in [0, 0.1) is 0 Å². The Morgan fingerprint density at radius 3 is 2.78 bits per heavy atom. The first-order valence-corrected chi connectivity index (χ1v) is 6.96. The van der Waals surface area contributed by atoms with E-state index in [0.717, 1.165) is 5.82 Å². The molecule has 2 rings (SSSR count). The van der Waals surface area contributed by atoms with Gasteiger partial charge in [-0.1, -0.05) is 0 Å². The van der Waals surface area contributed by atoms with Crippen LogP contribution in [0.3, 0.4) is 0 Å². The Hall–Kier alpha value is -1.11. The van der Waals surface area contributed by atoms with Crippen LogP contribution >= 0.6 is 24.0 Å². The molecular formula is C12H21F3IN7. The standard InChI is InChI=1S/C12H20F3N7.HI/c1-16-11(17-5-10-20-18-8-21(10)2)19-9-3-4-22(6-9)7-12(13,14)15;/h8-9H,3-7H2,1-2H3,(H2,16,17,19);1H. The minimum Gasteiger partial charge on any atom is -0.352 e. The lowest BCUT2D eigenvalue weighted by molar-refractivity contribution is -0.143. The van der Waals surface area contributed by atoms with Gasteiger partial charge in [-0.05, 0) is 6.42 Å². The third-order valence-electron chi connectivity index (χ3n) is 3.46. The monoisotopic (exact) mass is 447 g/mol. The highest BCUT2D eigenvalue weighted by Crippen LogP contribution is 2.19. The minimum absolute atomic E-state index is 0. The summed E-state index contributed by atoms with van der Waals surface area (Å²) < 4.78 is 38.9. The van der Waals surface area contributed by atoms with Crippen molar-refractivity contribution in [2.24, 2.45) is 12.0 Å². The van der Waals surface area contributed by atoms with E-state index in [1.54, 1.807) is 17.9 Å². The zero-order valence-electron chi connectivity index (χ0n) is 13.0. The van der Waals surface area contributed by atoms with Crippen molar-refractivity contribution in [2.75, 3.05) is 26.7 Å². The Morgan fingerprint density at radius 2 is 2.22 bits per heavy atom. The molecule has 0 radical (unpaired) electrons. The second-order valence-electron chi connectivity index (χ2n) is 5.26. The number of guanidine groups is 1. The summed E-state index contributed by atoms with van der Waals surface area (Å²) in [5, 5.41) is 13.9. The van der Waals surface area contributed by atoms with Gasteiger partial charge in [-0.25, -0.2) is 0 Å². The average molecular weight is 447 g/mol. The number of likely N-dealkylation sites (tertiary alicyclic amines) is 1. The van der Waals surface area contributed by atoms with Gasteiger partial charge in [0.2, 0.25) is 0 Å². The summed E-state index contributed by atoms with van der Waals surface area (Å²) in [6.07, 6.45) is -1.90. The molecule has 11 heteroatoms. The lowest BCUT2D eigenvalue weighted by atomic mass is 10.3. The zero-order valence-corrected chi connectivity index (χ0v) is 15.3. The number of rotatable bonds is 4. The van der Waals surface area contributed by atoms with Crippen LogP contribution in [0.5, 0.6) is 0 Å². The van der Waals surface area contributed by atoms with Crippen LogP contribution in [0.1, 0.15) is 12.2 Å². The van der Waals surface area contributed by atoms with Gasteiger partial charge >= 0.3 is 6.18 Å². The van der Waals surface area contributed by atoms with Gasteiger partial charge in [0.1, 0.15) is 6.33 Å². The van der Waals surface area contributed by atoms with Crippen LogP contribution in [0.15, 0.2) is 11.3 Å². The predicted molar refractivity (Wildman–Crippen MR) is 90.7 cm³/mol. The molecule has 1 aliphatic rings. The second kappa shape index (κ2) is 8.66. The van der Waals surface area contributed by atoms with Crippen molar-refractivity contribution >= 4 is 29.9 Å². The van der Waals surface area contributed by atoms with Gasteiger partial charge < -0.3 is 15.2 Å². The lowest BCUT2D eigenvalue weighted by Gasteiger charge is -2.19. The van der Waals surface area contributed by atoms with Gasteiger partial charge in [-0.3, -0.25) is 9.89 Å². The molecule has 0 aliphatic carbocycles. The molecule has 132 valence electrons. The number of halogens is 4. The van der Waals surface area contributed by atoms with E-state index < -0.39 is 12.7 Å². The second-order valence-corrected chi connectivity index (χ2v) is 5.26. The Balaban J connectivity index is 0.00000264.